The lowest BCUT2D eigenvalue weighted by atomic mass is 10.2. The van der Waals surface area contributed by atoms with Crippen molar-refractivity contribution in [3.63, 3.8) is 0 Å². The van der Waals surface area contributed by atoms with Crippen LogP contribution in [0.4, 0.5) is 10.1 Å². The van der Waals surface area contributed by atoms with Crippen molar-refractivity contribution in [3.05, 3.63) is 62.8 Å². The second-order valence-electron chi connectivity index (χ2n) is 3.72. The molecule has 0 aliphatic rings. The molecule has 0 saturated heterocycles. The third-order valence-electron chi connectivity index (χ3n) is 2.41. The van der Waals surface area contributed by atoms with Gasteiger partial charge >= 0.3 is 0 Å². The molecule has 2 aromatic carbocycles. The molecule has 94 valence electrons. The molecule has 0 fully saturated rings. The van der Waals surface area contributed by atoms with E-state index in [0.717, 1.165) is 5.69 Å². The lowest BCUT2D eigenvalue weighted by Crippen LogP contribution is -2.01. The first kappa shape index (κ1) is 13.5. The third-order valence-corrected chi connectivity index (χ3v) is 3.38. The van der Waals surface area contributed by atoms with Crippen LogP contribution in [-0.2, 0) is 6.54 Å². The van der Waals surface area contributed by atoms with Gasteiger partial charge in [0.05, 0.1) is 10.0 Å². The summed E-state index contributed by atoms with van der Waals surface area (Å²) in [6.45, 7) is 0.324. The average Bonchev–Trinajstić information content (AvgIpc) is 2.34. The van der Waals surface area contributed by atoms with Crippen LogP contribution in [0.25, 0.3) is 0 Å². The Hall–Kier alpha value is -0.960. The lowest BCUT2D eigenvalue weighted by molar-refractivity contribution is 0.613. The van der Waals surface area contributed by atoms with Crippen molar-refractivity contribution < 1.29 is 4.39 Å². The molecule has 2 rings (SSSR count). The molecule has 0 aliphatic carbocycles. The Morgan fingerprint density at radius 1 is 0.944 bits per heavy atom. The summed E-state index contributed by atoms with van der Waals surface area (Å²) >= 11 is 17.5. The van der Waals surface area contributed by atoms with Gasteiger partial charge in [-0.3, -0.25) is 0 Å². The molecule has 0 bridgehead atoms. The van der Waals surface area contributed by atoms with E-state index in [1.807, 2.05) is 0 Å². The largest absolute Gasteiger partial charge is 0.381 e. The fourth-order valence-corrected chi connectivity index (χ4v) is 1.97. The minimum absolute atomic E-state index is 0.299. The molecule has 0 radical (unpaired) electrons. The summed E-state index contributed by atoms with van der Waals surface area (Å²) in [5, 5.41) is 4.49. The fourth-order valence-electron chi connectivity index (χ4n) is 1.48. The van der Waals surface area contributed by atoms with Crippen molar-refractivity contribution in [2.24, 2.45) is 0 Å². The molecule has 2 aromatic rings. The van der Waals surface area contributed by atoms with E-state index in [2.05, 4.69) is 5.32 Å². The number of halogens is 4. The number of anilines is 1. The Morgan fingerprint density at radius 3 is 2.44 bits per heavy atom. The molecule has 0 heterocycles. The number of hydrogen-bond donors (Lipinski definition) is 1. The highest BCUT2D eigenvalue weighted by Crippen LogP contribution is 2.25. The van der Waals surface area contributed by atoms with Gasteiger partial charge in [0, 0.05) is 22.8 Å². The number of hydrogen-bond acceptors (Lipinski definition) is 1. The molecule has 5 heteroatoms. The van der Waals surface area contributed by atoms with Crippen molar-refractivity contribution in [3.8, 4) is 0 Å². The van der Waals surface area contributed by atoms with Crippen LogP contribution in [-0.4, -0.2) is 0 Å². The van der Waals surface area contributed by atoms with Gasteiger partial charge in [-0.2, -0.15) is 0 Å². The average molecular weight is 305 g/mol. The van der Waals surface area contributed by atoms with Crippen LogP contribution in [0.3, 0.4) is 0 Å². The van der Waals surface area contributed by atoms with Gasteiger partial charge in [-0.1, -0.05) is 34.8 Å². The van der Waals surface area contributed by atoms with Crippen LogP contribution in [0.5, 0.6) is 0 Å². The van der Waals surface area contributed by atoms with E-state index in [-0.39, 0.29) is 5.82 Å². The van der Waals surface area contributed by atoms with E-state index in [0.29, 0.717) is 27.2 Å². The summed E-state index contributed by atoms with van der Waals surface area (Å²) < 4.78 is 13.5. The van der Waals surface area contributed by atoms with Crippen LogP contribution in [0.15, 0.2) is 36.4 Å². The van der Waals surface area contributed by atoms with Gasteiger partial charge in [-0.15, -0.1) is 0 Å². The van der Waals surface area contributed by atoms with Gasteiger partial charge in [0.2, 0.25) is 0 Å². The zero-order valence-electron chi connectivity index (χ0n) is 9.18. The minimum Gasteiger partial charge on any atom is -0.381 e. The molecule has 0 aromatic heterocycles. The summed E-state index contributed by atoms with van der Waals surface area (Å²) in [5.41, 5.74) is 1.26. The van der Waals surface area contributed by atoms with Gasteiger partial charge in [0.25, 0.3) is 0 Å². The quantitative estimate of drug-likeness (QED) is 0.800. The first-order valence-corrected chi connectivity index (χ1v) is 6.32. The highest BCUT2D eigenvalue weighted by atomic mass is 35.5. The Morgan fingerprint density at radius 2 is 1.72 bits per heavy atom. The van der Waals surface area contributed by atoms with E-state index in [4.69, 9.17) is 34.8 Å². The van der Waals surface area contributed by atoms with Gasteiger partial charge in [-0.05, 0) is 36.4 Å². The van der Waals surface area contributed by atoms with Crippen LogP contribution >= 0.6 is 34.8 Å². The zero-order valence-corrected chi connectivity index (χ0v) is 11.5. The molecule has 1 nitrogen and oxygen atoms in total. The summed E-state index contributed by atoms with van der Waals surface area (Å²) in [6.07, 6.45) is 0. The SMILES string of the molecule is Fc1ccc(Cl)cc1CNc1ccc(Cl)c(Cl)c1. The highest BCUT2D eigenvalue weighted by molar-refractivity contribution is 6.42. The molecule has 0 unspecified atom stereocenters. The van der Waals surface area contributed by atoms with Crippen molar-refractivity contribution in [1.29, 1.82) is 0 Å². The smallest absolute Gasteiger partial charge is 0.128 e. The maximum absolute atomic E-state index is 13.5. The number of rotatable bonds is 3. The molecule has 0 amide bonds. The first-order valence-electron chi connectivity index (χ1n) is 5.19. The summed E-state index contributed by atoms with van der Waals surface area (Å²) in [4.78, 5) is 0. The minimum atomic E-state index is -0.299. The maximum atomic E-state index is 13.5. The van der Waals surface area contributed by atoms with Gasteiger partial charge < -0.3 is 5.32 Å². The lowest BCUT2D eigenvalue weighted by Gasteiger charge is -2.08. The molecule has 0 spiro atoms. The summed E-state index contributed by atoms with van der Waals surface area (Å²) in [7, 11) is 0. The molecule has 1 N–H and O–H groups in total. The third kappa shape index (κ3) is 3.29. The first-order chi connectivity index (χ1) is 8.56. The second-order valence-corrected chi connectivity index (χ2v) is 4.97. The Balaban J connectivity index is 2.11. The Kier molecular flexibility index (Phi) is 4.33. The predicted octanol–water partition coefficient (Wildman–Crippen LogP) is 5.40. The van der Waals surface area contributed by atoms with E-state index in [1.54, 1.807) is 24.3 Å². The molecule has 18 heavy (non-hydrogen) atoms. The molecular formula is C13H9Cl3FN. The Labute approximate surface area is 119 Å². The van der Waals surface area contributed by atoms with E-state index >= 15 is 0 Å². The molecule has 0 aliphatic heterocycles. The highest BCUT2D eigenvalue weighted by Gasteiger charge is 2.04. The van der Waals surface area contributed by atoms with Crippen LogP contribution < -0.4 is 5.32 Å². The van der Waals surface area contributed by atoms with Crippen molar-refractivity contribution in [1.82, 2.24) is 0 Å². The van der Waals surface area contributed by atoms with Crippen LogP contribution in [0.2, 0.25) is 15.1 Å². The monoisotopic (exact) mass is 303 g/mol. The van der Waals surface area contributed by atoms with Gasteiger partial charge in [0.1, 0.15) is 5.82 Å². The number of nitrogens with one attached hydrogen (secondary N) is 1. The topological polar surface area (TPSA) is 12.0 Å². The molecule has 0 saturated carbocycles. The normalized spacial score (nSPS) is 10.4. The van der Waals surface area contributed by atoms with Gasteiger partial charge in [-0.25, -0.2) is 4.39 Å². The van der Waals surface area contributed by atoms with Crippen LogP contribution in [0, 0.1) is 5.82 Å². The van der Waals surface area contributed by atoms with E-state index < -0.39 is 0 Å². The number of benzene rings is 2. The fraction of sp³-hybridized carbons (Fsp3) is 0.0769. The second kappa shape index (κ2) is 5.79. The zero-order chi connectivity index (χ0) is 13.1. The van der Waals surface area contributed by atoms with Crippen molar-refractivity contribution in [2.75, 3.05) is 5.32 Å². The predicted molar refractivity (Wildman–Crippen MR) is 75.2 cm³/mol. The molecular weight excluding hydrogens is 296 g/mol. The molecule has 0 atom stereocenters. The Bertz CT molecular complexity index is 572. The van der Waals surface area contributed by atoms with Crippen molar-refractivity contribution in [2.45, 2.75) is 6.54 Å². The van der Waals surface area contributed by atoms with Crippen molar-refractivity contribution >= 4 is 40.5 Å². The van der Waals surface area contributed by atoms with Gasteiger partial charge in [0.15, 0.2) is 0 Å². The van der Waals surface area contributed by atoms with E-state index in [1.165, 1.54) is 12.1 Å². The maximum Gasteiger partial charge on any atom is 0.128 e. The summed E-state index contributed by atoms with van der Waals surface area (Å²) in [5.74, 6) is -0.299. The summed E-state index contributed by atoms with van der Waals surface area (Å²) in [6, 6.07) is 9.58. The van der Waals surface area contributed by atoms with E-state index in [9.17, 15) is 4.39 Å². The standard InChI is InChI=1S/C13H9Cl3FN/c14-9-1-4-13(17)8(5-9)7-18-10-2-3-11(15)12(16)6-10/h1-6,18H,7H2. The van der Waals surface area contributed by atoms with Crippen LogP contribution in [0.1, 0.15) is 5.56 Å².